The van der Waals surface area contributed by atoms with Gasteiger partial charge in [0.25, 0.3) is 0 Å². The van der Waals surface area contributed by atoms with E-state index in [0.29, 0.717) is 0 Å². The molecule has 0 fully saturated rings. The molecule has 0 saturated carbocycles. The first-order valence-corrected chi connectivity index (χ1v) is 5.52. The Labute approximate surface area is 96.0 Å². The highest BCUT2D eigenvalue weighted by molar-refractivity contribution is 5.87. The van der Waals surface area contributed by atoms with E-state index in [9.17, 15) is 9.18 Å². The molecule has 0 aromatic rings. The Morgan fingerprint density at radius 3 is 2.81 bits per heavy atom. The Morgan fingerprint density at radius 2 is 2.19 bits per heavy atom. The Morgan fingerprint density at radius 1 is 1.44 bits per heavy atom. The molecule has 0 aromatic heterocycles. The number of carbonyl (C=O) groups excluding carboxylic acids is 1. The summed E-state index contributed by atoms with van der Waals surface area (Å²) in [6.07, 6.45) is 8.28. The van der Waals surface area contributed by atoms with Gasteiger partial charge in [0.15, 0.2) is 0 Å². The lowest BCUT2D eigenvalue weighted by molar-refractivity contribution is -0.116. The molecule has 2 N–H and O–H groups in total. The standard InChI is InChI=1S/C12H20FNO2/c1-11(13)10-14-12(16)8-6-4-2-3-5-7-9-15/h2,4,6,8,11,15H,3,5,7,9-10H2,1H3,(H,14,16)/b4-2+,8-6+. The molecule has 0 aliphatic rings. The van der Waals surface area contributed by atoms with Crippen LogP contribution >= 0.6 is 0 Å². The molecule has 1 unspecified atom stereocenters. The van der Waals surface area contributed by atoms with Gasteiger partial charge in [-0.1, -0.05) is 18.2 Å². The van der Waals surface area contributed by atoms with E-state index in [0.717, 1.165) is 19.3 Å². The fraction of sp³-hybridized carbons (Fsp3) is 0.583. The van der Waals surface area contributed by atoms with E-state index < -0.39 is 6.17 Å². The fourth-order valence-corrected chi connectivity index (χ4v) is 0.992. The minimum Gasteiger partial charge on any atom is -0.396 e. The van der Waals surface area contributed by atoms with Crippen molar-refractivity contribution >= 4 is 5.91 Å². The van der Waals surface area contributed by atoms with Crippen LogP contribution in [0.15, 0.2) is 24.3 Å². The molecule has 16 heavy (non-hydrogen) atoms. The summed E-state index contributed by atoms with van der Waals surface area (Å²) in [6.45, 7) is 1.65. The van der Waals surface area contributed by atoms with Crippen LogP contribution in [0.2, 0.25) is 0 Å². The lowest BCUT2D eigenvalue weighted by atomic mass is 10.2. The SMILES string of the molecule is CC(F)CNC(=O)/C=C/C=C/CCCCO. The number of unbranched alkanes of at least 4 members (excludes halogenated alkanes) is 2. The molecular weight excluding hydrogens is 209 g/mol. The number of rotatable bonds is 8. The third kappa shape index (κ3) is 10.9. The monoisotopic (exact) mass is 229 g/mol. The molecule has 0 bridgehead atoms. The Hall–Kier alpha value is -1.16. The molecule has 0 spiro atoms. The maximum absolute atomic E-state index is 12.3. The number of carbonyl (C=O) groups is 1. The quantitative estimate of drug-likeness (QED) is 0.378. The minimum atomic E-state index is -1.02. The molecular formula is C12H20FNO2. The van der Waals surface area contributed by atoms with Crippen LogP contribution in [0, 0.1) is 0 Å². The summed E-state index contributed by atoms with van der Waals surface area (Å²) in [5.74, 6) is -0.287. The van der Waals surface area contributed by atoms with Gasteiger partial charge in [0.05, 0.1) is 0 Å². The Balaban J connectivity index is 3.54. The number of halogens is 1. The second-order valence-electron chi connectivity index (χ2n) is 3.53. The van der Waals surface area contributed by atoms with Crippen molar-refractivity contribution in [2.24, 2.45) is 0 Å². The van der Waals surface area contributed by atoms with E-state index in [1.807, 2.05) is 6.08 Å². The highest BCUT2D eigenvalue weighted by atomic mass is 19.1. The van der Waals surface area contributed by atoms with Gasteiger partial charge in [-0.15, -0.1) is 0 Å². The van der Waals surface area contributed by atoms with Crippen molar-refractivity contribution in [2.45, 2.75) is 32.4 Å². The zero-order chi connectivity index (χ0) is 12.2. The normalized spacial score (nSPS) is 13.4. The van der Waals surface area contributed by atoms with Gasteiger partial charge in [-0.05, 0) is 26.2 Å². The lowest BCUT2D eigenvalue weighted by Gasteiger charge is -2.00. The van der Waals surface area contributed by atoms with Crippen LogP contribution in [-0.4, -0.2) is 30.3 Å². The molecule has 0 saturated heterocycles. The molecule has 1 amide bonds. The Kier molecular flexibility index (Phi) is 9.61. The maximum Gasteiger partial charge on any atom is 0.244 e. The average Bonchev–Trinajstić information content (AvgIpc) is 2.25. The van der Waals surface area contributed by atoms with Gasteiger partial charge in [-0.3, -0.25) is 4.79 Å². The van der Waals surface area contributed by atoms with Crippen LogP contribution in [0.4, 0.5) is 4.39 Å². The smallest absolute Gasteiger partial charge is 0.244 e. The van der Waals surface area contributed by atoms with Gasteiger partial charge in [-0.25, -0.2) is 4.39 Å². The van der Waals surface area contributed by atoms with Gasteiger partial charge in [0, 0.05) is 19.2 Å². The van der Waals surface area contributed by atoms with E-state index in [-0.39, 0.29) is 19.1 Å². The number of nitrogens with one attached hydrogen (secondary N) is 1. The Bertz CT molecular complexity index is 237. The van der Waals surface area contributed by atoms with Crippen LogP contribution in [0.25, 0.3) is 0 Å². The van der Waals surface area contributed by atoms with Crippen LogP contribution in [-0.2, 0) is 4.79 Å². The molecule has 1 atom stereocenters. The maximum atomic E-state index is 12.3. The topological polar surface area (TPSA) is 49.3 Å². The molecule has 3 nitrogen and oxygen atoms in total. The van der Waals surface area contributed by atoms with Crippen LogP contribution in [0.3, 0.4) is 0 Å². The first-order chi connectivity index (χ1) is 7.66. The number of alkyl halides is 1. The molecule has 0 rings (SSSR count). The van der Waals surface area contributed by atoms with Crippen molar-refractivity contribution in [1.29, 1.82) is 0 Å². The predicted molar refractivity (Wildman–Crippen MR) is 62.8 cm³/mol. The van der Waals surface area contributed by atoms with E-state index in [1.165, 1.54) is 13.0 Å². The minimum absolute atomic E-state index is 0.0450. The van der Waals surface area contributed by atoms with Crippen molar-refractivity contribution < 1.29 is 14.3 Å². The number of hydrogen-bond acceptors (Lipinski definition) is 2. The summed E-state index contributed by atoms with van der Waals surface area (Å²) in [6, 6.07) is 0. The fourth-order valence-electron chi connectivity index (χ4n) is 0.992. The van der Waals surface area contributed by atoms with Gasteiger partial charge < -0.3 is 10.4 Å². The van der Waals surface area contributed by atoms with Gasteiger partial charge >= 0.3 is 0 Å². The molecule has 92 valence electrons. The van der Waals surface area contributed by atoms with E-state index in [1.54, 1.807) is 12.2 Å². The van der Waals surface area contributed by atoms with Gasteiger partial charge in [-0.2, -0.15) is 0 Å². The van der Waals surface area contributed by atoms with Gasteiger partial charge in [0.1, 0.15) is 6.17 Å². The van der Waals surface area contributed by atoms with Crippen molar-refractivity contribution in [3.63, 3.8) is 0 Å². The third-order valence-corrected chi connectivity index (χ3v) is 1.83. The van der Waals surface area contributed by atoms with Gasteiger partial charge in [0.2, 0.25) is 5.91 Å². The van der Waals surface area contributed by atoms with Crippen LogP contribution in [0.1, 0.15) is 26.2 Å². The van der Waals surface area contributed by atoms with Crippen LogP contribution < -0.4 is 5.32 Å². The lowest BCUT2D eigenvalue weighted by Crippen LogP contribution is -2.27. The number of amides is 1. The number of hydrogen-bond donors (Lipinski definition) is 2. The molecule has 4 heteroatoms. The number of aliphatic hydroxyl groups excluding tert-OH is 1. The number of allylic oxidation sites excluding steroid dienone is 3. The average molecular weight is 229 g/mol. The highest BCUT2D eigenvalue weighted by Crippen LogP contribution is 1.95. The van der Waals surface area contributed by atoms with Crippen molar-refractivity contribution in [1.82, 2.24) is 5.32 Å². The van der Waals surface area contributed by atoms with E-state index in [2.05, 4.69) is 5.32 Å². The van der Waals surface area contributed by atoms with Crippen LogP contribution in [0.5, 0.6) is 0 Å². The first kappa shape index (κ1) is 14.8. The predicted octanol–water partition coefficient (Wildman–Crippen LogP) is 1.74. The summed E-state index contributed by atoms with van der Waals surface area (Å²) in [5.41, 5.74) is 0. The van der Waals surface area contributed by atoms with Crippen molar-refractivity contribution in [3.05, 3.63) is 24.3 Å². The highest BCUT2D eigenvalue weighted by Gasteiger charge is 1.98. The molecule has 0 heterocycles. The second-order valence-corrected chi connectivity index (χ2v) is 3.53. The van der Waals surface area contributed by atoms with E-state index >= 15 is 0 Å². The zero-order valence-corrected chi connectivity index (χ0v) is 9.66. The molecule has 0 aliphatic carbocycles. The first-order valence-electron chi connectivity index (χ1n) is 5.52. The number of aliphatic hydroxyl groups is 1. The summed E-state index contributed by atoms with van der Waals surface area (Å²) < 4.78 is 12.3. The second kappa shape index (κ2) is 10.4. The molecule has 0 aliphatic heterocycles. The van der Waals surface area contributed by atoms with Crippen molar-refractivity contribution in [3.8, 4) is 0 Å². The molecule has 0 aromatic carbocycles. The van der Waals surface area contributed by atoms with Crippen molar-refractivity contribution in [2.75, 3.05) is 13.2 Å². The third-order valence-electron chi connectivity index (χ3n) is 1.83. The van der Waals surface area contributed by atoms with E-state index in [4.69, 9.17) is 5.11 Å². The summed E-state index contributed by atoms with van der Waals surface area (Å²) in [5, 5.41) is 10.9. The summed E-state index contributed by atoms with van der Waals surface area (Å²) >= 11 is 0. The largest absolute Gasteiger partial charge is 0.396 e. The molecule has 0 radical (unpaired) electrons. The summed E-state index contributed by atoms with van der Waals surface area (Å²) in [7, 11) is 0. The zero-order valence-electron chi connectivity index (χ0n) is 9.66. The summed E-state index contributed by atoms with van der Waals surface area (Å²) in [4.78, 5) is 11.1.